The Hall–Kier alpha value is -1.00. The van der Waals surface area contributed by atoms with Crippen LogP contribution in [0.3, 0.4) is 0 Å². The van der Waals surface area contributed by atoms with Crippen LogP contribution in [0.15, 0.2) is 18.2 Å². The van der Waals surface area contributed by atoms with Crippen molar-refractivity contribution in [2.24, 2.45) is 0 Å². The molecule has 0 aliphatic heterocycles. The summed E-state index contributed by atoms with van der Waals surface area (Å²) in [7, 11) is 0. The highest BCUT2D eigenvalue weighted by molar-refractivity contribution is 5.22. The Morgan fingerprint density at radius 2 is 1.61 bits per heavy atom. The Bertz CT molecular complexity index is 369. The third-order valence-electron chi connectivity index (χ3n) is 3.33. The number of halogens is 2. The molecule has 18 heavy (non-hydrogen) atoms. The quantitative estimate of drug-likeness (QED) is 0.845. The van der Waals surface area contributed by atoms with Crippen molar-refractivity contribution in [3.05, 3.63) is 35.4 Å². The molecule has 0 fully saturated rings. The Morgan fingerprint density at radius 1 is 1.11 bits per heavy atom. The molecule has 1 rings (SSSR count). The molecule has 1 unspecified atom stereocenters. The van der Waals surface area contributed by atoms with Crippen LogP contribution >= 0.6 is 0 Å². The van der Waals surface area contributed by atoms with Gasteiger partial charge in [0.15, 0.2) is 0 Å². The third-order valence-corrected chi connectivity index (χ3v) is 3.33. The van der Waals surface area contributed by atoms with Gasteiger partial charge in [-0.15, -0.1) is 0 Å². The van der Waals surface area contributed by atoms with Gasteiger partial charge in [0.05, 0.1) is 5.60 Å². The van der Waals surface area contributed by atoms with Crippen molar-refractivity contribution >= 4 is 0 Å². The monoisotopic (exact) mass is 258 g/mol. The lowest BCUT2D eigenvalue weighted by atomic mass is 9.86. The second-order valence-electron chi connectivity index (χ2n) is 4.31. The lowest BCUT2D eigenvalue weighted by Gasteiger charge is -2.36. The van der Waals surface area contributed by atoms with Crippen LogP contribution in [-0.4, -0.2) is 17.3 Å². The molecule has 0 aliphatic rings. The largest absolute Gasteiger partial charge is 0.385 e. The zero-order valence-electron chi connectivity index (χ0n) is 11.0. The van der Waals surface area contributed by atoms with E-state index in [2.05, 4.69) is 0 Å². The van der Waals surface area contributed by atoms with E-state index in [1.54, 1.807) is 0 Å². The van der Waals surface area contributed by atoms with Gasteiger partial charge in [-0.1, -0.05) is 13.8 Å². The molecule has 0 aromatic heterocycles. The molecule has 0 saturated carbocycles. The molecule has 0 saturated heterocycles. The van der Waals surface area contributed by atoms with Crippen LogP contribution in [0.2, 0.25) is 0 Å². The lowest BCUT2D eigenvalue weighted by molar-refractivity contribution is -0.127. The zero-order chi connectivity index (χ0) is 13.8. The molecule has 0 aliphatic carbocycles. The zero-order valence-corrected chi connectivity index (χ0v) is 11.0. The van der Waals surface area contributed by atoms with E-state index in [0.29, 0.717) is 19.4 Å². The summed E-state index contributed by atoms with van der Waals surface area (Å²) in [6.45, 7) is 6.05. The minimum absolute atomic E-state index is 0.213. The van der Waals surface area contributed by atoms with Crippen LogP contribution in [0, 0.1) is 11.6 Å². The predicted molar refractivity (Wildman–Crippen MR) is 66.3 cm³/mol. The molecule has 1 atom stereocenters. The van der Waals surface area contributed by atoms with Gasteiger partial charge in [-0.25, -0.2) is 8.78 Å². The van der Waals surface area contributed by atoms with Gasteiger partial charge in [-0.3, -0.25) is 0 Å². The first-order chi connectivity index (χ1) is 8.49. The van der Waals surface area contributed by atoms with Crippen LogP contribution in [0.25, 0.3) is 0 Å². The van der Waals surface area contributed by atoms with Crippen molar-refractivity contribution in [3.8, 4) is 0 Å². The summed E-state index contributed by atoms with van der Waals surface area (Å²) in [5, 5.41) is 10.4. The fourth-order valence-corrected chi connectivity index (χ4v) is 2.24. The molecule has 0 heterocycles. The molecule has 4 heteroatoms. The molecule has 0 spiro atoms. The highest BCUT2D eigenvalue weighted by atomic mass is 19.1. The van der Waals surface area contributed by atoms with Crippen LogP contribution < -0.4 is 0 Å². The first-order valence-corrected chi connectivity index (χ1v) is 6.27. The average molecular weight is 258 g/mol. The lowest BCUT2D eigenvalue weighted by Crippen LogP contribution is -2.38. The van der Waals surface area contributed by atoms with Gasteiger partial charge < -0.3 is 9.84 Å². The van der Waals surface area contributed by atoms with Gasteiger partial charge in [0, 0.05) is 12.7 Å². The van der Waals surface area contributed by atoms with Gasteiger partial charge in [0.2, 0.25) is 0 Å². The van der Waals surface area contributed by atoms with Gasteiger partial charge in [0.25, 0.3) is 0 Å². The number of aliphatic hydroxyl groups is 1. The minimum atomic E-state index is -1.04. The van der Waals surface area contributed by atoms with Crippen molar-refractivity contribution < 1.29 is 18.6 Å². The van der Waals surface area contributed by atoms with Crippen molar-refractivity contribution in [1.29, 1.82) is 0 Å². The van der Waals surface area contributed by atoms with Gasteiger partial charge in [-0.2, -0.15) is 0 Å². The maximum absolute atomic E-state index is 13.2. The van der Waals surface area contributed by atoms with Crippen molar-refractivity contribution in [2.45, 2.75) is 45.3 Å². The van der Waals surface area contributed by atoms with Gasteiger partial charge >= 0.3 is 0 Å². The molecule has 1 N–H and O–H groups in total. The van der Waals surface area contributed by atoms with Gasteiger partial charge in [-0.05, 0) is 37.5 Å². The second kappa shape index (κ2) is 6.25. The first-order valence-electron chi connectivity index (χ1n) is 6.27. The minimum Gasteiger partial charge on any atom is -0.385 e. The van der Waals surface area contributed by atoms with Crippen molar-refractivity contribution in [1.82, 2.24) is 0 Å². The summed E-state index contributed by atoms with van der Waals surface area (Å²) in [5.74, 6) is -1.39. The normalized spacial score (nSPS) is 13.7. The highest BCUT2D eigenvalue weighted by Gasteiger charge is 2.36. The third kappa shape index (κ3) is 3.06. The van der Waals surface area contributed by atoms with Crippen molar-refractivity contribution in [2.75, 3.05) is 6.61 Å². The summed E-state index contributed by atoms with van der Waals surface area (Å²) >= 11 is 0. The van der Waals surface area contributed by atoms with E-state index in [0.717, 1.165) is 18.2 Å². The fourth-order valence-electron chi connectivity index (χ4n) is 2.24. The molecular weight excluding hydrogens is 238 g/mol. The van der Waals surface area contributed by atoms with E-state index >= 15 is 0 Å². The Morgan fingerprint density at radius 3 is 2.00 bits per heavy atom. The Kier molecular flexibility index (Phi) is 5.23. The molecule has 102 valence electrons. The summed E-state index contributed by atoms with van der Waals surface area (Å²) in [6, 6.07) is 3.08. The van der Waals surface area contributed by atoms with E-state index in [4.69, 9.17) is 4.74 Å². The highest BCUT2D eigenvalue weighted by Crippen LogP contribution is 2.35. The maximum atomic E-state index is 13.2. The number of benzene rings is 1. The molecule has 0 amide bonds. The molecule has 1 aromatic rings. The summed E-state index contributed by atoms with van der Waals surface area (Å²) in [4.78, 5) is 0. The second-order valence-corrected chi connectivity index (χ2v) is 4.31. The van der Waals surface area contributed by atoms with E-state index < -0.39 is 23.3 Å². The molecule has 0 radical (unpaired) electrons. The molecular formula is C14H20F2O2. The topological polar surface area (TPSA) is 29.5 Å². The molecule has 1 aromatic carbocycles. The predicted octanol–water partition coefficient (Wildman–Crippen LogP) is 3.59. The van der Waals surface area contributed by atoms with E-state index in [9.17, 15) is 13.9 Å². The number of hydrogen-bond acceptors (Lipinski definition) is 2. The number of rotatable bonds is 6. The van der Waals surface area contributed by atoms with Crippen LogP contribution in [0.4, 0.5) is 8.78 Å². The number of hydrogen-bond donors (Lipinski definition) is 1. The summed E-state index contributed by atoms with van der Waals surface area (Å²) < 4.78 is 32.0. The Balaban J connectivity index is 3.12. The molecule has 2 nitrogen and oxygen atoms in total. The van der Waals surface area contributed by atoms with Crippen LogP contribution in [0.1, 0.15) is 45.3 Å². The van der Waals surface area contributed by atoms with Gasteiger partial charge in [0.1, 0.15) is 17.7 Å². The standard InChI is InChI=1S/C14H20F2O2/c1-4-14(5-2,18-6-3)13(17)10-7-11(15)9-12(16)8-10/h7-9,13,17H,4-6H2,1-3H3. The van der Waals surface area contributed by atoms with E-state index in [-0.39, 0.29) is 5.56 Å². The summed E-state index contributed by atoms with van der Waals surface area (Å²) in [6.07, 6.45) is 0.0884. The van der Waals surface area contributed by atoms with Crippen molar-refractivity contribution in [3.63, 3.8) is 0 Å². The van der Waals surface area contributed by atoms with E-state index in [1.165, 1.54) is 0 Å². The molecule has 0 bridgehead atoms. The average Bonchev–Trinajstić information content (AvgIpc) is 2.34. The summed E-state index contributed by atoms with van der Waals surface area (Å²) in [5.41, 5.74) is -0.584. The van der Waals surface area contributed by atoms with Crippen LogP contribution in [-0.2, 0) is 4.74 Å². The smallest absolute Gasteiger partial charge is 0.126 e. The Labute approximate surface area is 107 Å². The first kappa shape index (κ1) is 15.1. The van der Waals surface area contributed by atoms with Crippen LogP contribution in [0.5, 0.6) is 0 Å². The fraction of sp³-hybridized carbons (Fsp3) is 0.571. The van der Waals surface area contributed by atoms with E-state index in [1.807, 2.05) is 20.8 Å². The SMILES string of the molecule is CCOC(CC)(CC)C(O)c1cc(F)cc(F)c1. The maximum Gasteiger partial charge on any atom is 0.126 e. The number of ether oxygens (including phenoxy) is 1. The number of aliphatic hydroxyl groups excluding tert-OH is 1.